The largest absolute Gasteiger partial charge is 0.330 e. The zero-order valence-corrected chi connectivity index (χ0v) is 12.1. The standard InChI is InChI=1S/C18H14BNO2/c1-12(17(21)13-6-3-2-4-7-13)10-20-11-15-14(18(20)22)8-5-9-16(15)19/h2-9H,1,10-11H2. The van der Waals surface area contributed by atoms with E-state index in [0.717, 1.165) is 5.56 Å². The number of benzene rings is 2. The van der Waals surface area contributed by atoms with Crippen LogP contribution in [0.25, 0.3) is 0 Å². The van der Waals surface area contributed by atoms with Crippen LogP contribution in [0.1, 0.15) is 26.3 Å². The fraction of sp³-hybridized carbons (Fsp3) is 0.111. The van der Waals surface area contributed by atoms with Gasteiger partial charge >= 0.3 is 0 Å². The minimum Gasteiger partial charge on any atom is -0.330 e. The maximum Gasteiger partial charge on any atom is 0.254 e. The second-order valence-electron chi connectivity index (χ2n) is 5.33. The van der Waals surface area contributed by atoms with Gasteiger partial charge < -0.3 is 4.90 Å². The summed E-state index contributed by atoms with van der Waals surface area (Å²) in [6.07, 6.45) is 0. The SMILES string of the molecule is [B]c1cccc2c1CN(CC(=C)C(=O)c1ccccc1)C2=O. The number of carbonyl (C=O) groups excluding carboxylic acids is 2. The predicted molar refractivity (Wildman–Crippen MR) is 86.5 cm³/mol. The van der Waals surface area contributed by atoms with Crippen LogP contribution in [0.3, 0.4) is 0 Å². The van der Waals surface area contributed by atoms with Gasteiger partial charge in [-0.15, -0.1) is 0 Å². The highest BCUT2D eigenvalue weighted by Crippen LogP contribution is 2.22. The highest BCUT2D eigenvalue weighted by Gasteiger charge is 2.29. The highest BCUT2D eigenvalue weighted by molar-refractivity contribution is 6.34. The maximum absolute atomic E-state index is 12.4. The molecule has 0 atom stereocenters. The molecule has 0 aromatic heterocycles. The van der Waals surface area contributed by atoms with E-state index < -0.39 is 0 Å². The summed E-state index contributed by atoms with van der Waals surface area (Å²) >= 11 is 0. The van der Waals surface area contributed by atoms with Gasteiger partial charge in [-0.1, -0.05) is 54.5 Å². The van der Waals surface area contributed by atoms with E-state index in [1.54, 1.807) is 47.4 Å². The van der Waals surface area contributed by atoms with Crippen LogP contribution in [0.5, 0.6) is 0 Å². The summed E-state index contributed by atoms with van der Waals surface area (Å²) in [6.45, 7) is 4.47. The van der Waals surface area contributed by atoms with Crippen LogP contribution < -0.4 is 5.46 Å². The first-order valence-electron chi connectivity index (χ1n) is 7.02. The van der Waals surface area contributed by atoms with E-state index in [2.05, 4.69) is 6.58 Å². The van der Waals surface area contributed by atoms with Gasteiger partial charge in [0.15, 0.2) is 5.78 Å². The fourth-order valence-electron chi connectivity index (χ4n) is 2.64. The Kier molecular flexibility index (Phi) is 3.67. The molecule has 0 saturated carbocycles. The Labute approximate surface area is 130 Å². The first kappa shape index (κ1) is 14.3. The topological polar surface area (TPSA) is 37.4 Å². The van der Waals surface area contributed by atoms with Gasteiger partial charge in [0.1, 0.15) is 7.85 Å². The molecular formula is C18H14BNO2. The molecule has 0 unspecified atom stereocenters. The Morgan fingerprint density at radius 3 is 2.55 bits per heavy atom. The molecule has 2 aromatic carbocycles. The first-order chi connectivity index (χ1) is 10.6. The van der Waals surface area contributed by atoms with Crippen LogP contribution in [-0.4, -0.2) is 31.0 Å². The monoisotopic (exact) mass is 287 g/mol. The van der Waals surface area contributed by atoms with E-state index in [9.17, 15) is 9.59 Å². The molecule has 4 heteroatoms. The van der Waals surface area contributed by atoms with Gasteiger partial charge in [0.05, 0.1) is 0 Å². The maximum atomic E-state index is 12.4. The molecule has 22 heavy (non-hydrogen) atoms. The molecule has 0 saturated heterocycles. The average molecular weight is 287 g/mol. The summed E-state index contributed by atoms with van der Waals surface area (Å²) in [5.74, 6) is -0.248. The van der Waals surface area contributed by atoms with E-state index in [0.29, 0.717) is 28.7 Å². The van der Waals surface area contributed by atoms with Gasteiger partial charge in [-0.05, 0) is 11.6 Å². The lowest BCUT2D eigenvalue weighted by molar-refractivity contribution is 0.0788. The third-order valence-corrected chi connectivity index (χ3v) is 3.82. The number of carbonyl (C=O) groups is 2. The molecule has 1 aliphatic heterocycles. The summed E-state index contributed by atoms with van der Waals surface area (Å²) in [4.78, 5) is 26.3. The molecule has 2 radical (unpaired) electrons. The van der Waals surface area contributed by atoms with Crippen molar-refractivity contribution in [3.05, 3.63) is 77.4 Å². The quantitative estimate of drug-likeness (QED) is 0.489. The fourth-order valence-corrected chi connectivity index (χ4v) is 2.64. The van der Waals surface area contributed by atoms with Gasteiger partial charge in [-0.25, -0.2) is 0 Å². The molecule has 3 nitrogen and oxygen atoms in total. The van der Waals surface area contributed by atoms with Crippen molar-refractivity contribution < 1.29 is 9.59 Å². The summed E-state index contributed by atoms with van der Waals surface area (Å²) in [5, 5.41) is 0. The van der Waals surface area contributed by atoms with E-state index in [1.807, 2.05) is 6.07 Å². The van der Waals surface area contributed by atoms with Crippen LogP contribution in [-0.2, 0) is 6.54 Å². The van der Waals surface area contributed by atoms with Crippen molar-refractivity contribution in [1.82, 2.24) is 4.90 Å². The zero-order chi connectivity index (χ0) is 15.7. The summed E-state index contributed by atoms with van der Waals surface area (Å²) < 4.78 is 0. The zero-order valence-electron chi connectivity index (χ0n) is 12.1. The molecule has 0 aliphatic carbocycles. The Morgan fingerprint density at radius 1 is 1.14 bits per heavy atom. The molecule has 1 amide bonds. The number of rotatable bonds is 4. The van der Waals surface area contributed by atoms with Crippen LogP contribution in [0.15, 0.2) is 60.7 Å². The van der Waals surface area contributed by atoms with Crippen LogP contribution >= 0.6 is 0 Å². The minimum absolute atomic E-state index is 0.107. The van der Waals surface area contributed by atoms with Gasteiger partial charge in [0.25, 0.3) is 5.91 Å². The summed E-state index contributed by atoms with van der Waals surface area (Å²) in [5.41, 5.74) is 3.02. The van der Waals surface area contributed by atoms with E-state index in [1.165, 1.54) is 0 Å². The van der Waals surface area contributed by atoms with Gasteiger partial charge in [-0.3, -0.25) is 9.59 Å². The predicted octanol–water partition coefficient (Wildman–Crippen LogP) is 1.88. The van der Waals surface area contributed by atoms with Crippen molar-refractivity contribution in [3.8, 4) is 0 Å². The average Bonchev–Trinajstić information content (AvgIpc) is 2.85. The Balaban J connectivity index is 1.76. The third kappa shape index (κ3) is 2.48. The van der Waals surface area contributed by atoms with E-state index in [-0.39, 0.29) is 18.2 Å². The number of ketones is 1. The normalized spacial score (nSPS) is 13.1. The molecule has 1 aliphatic rings. The number of nitrogens with zero attached hydrogens (tertiary/aromatic N) is 1. The van der Waals surface area contributed by atoms with E-state index in [4.69, 9.17) is 7.85 Å². The van der Waals surface area contributed by atoms with E-state index >= 15 is 0 Å². The molecule has 1 heterocycles. The summed E-state index contributed by atoms with van der Waals surface area (Å²) in [7, 11) is 5.91. The van der Waals surface area contributed by atoms with Crippen molar-refractivity contribution in [2.45, 2.75) is 6.54 Å². The third-order valence-electron chi connectivity index (χ3n) is 3.82. The Morgan fingerprint density at radius 2 is 1.86 bits per heavy atom. The van der Waals surface area contributed by atoms with Crippen molar-refractivity contribution in [3.63, 3.8) is 0 Å². The van der Waals surface area contributed by atoms with Crippen LogP contribution in [0.4, 0.5) is 0 Å². The number of Topliss-reactive ketones (excluding diaryl/α,β-unsaturated/α-hetero) is 1. The lowest BCUT2D eigenvalue weighted by atomic mass is 9.89. The van der Waals surface area contributed by atoms with Crippen molar-refractivity contribution >= 4 is 25.0 Å². The Bertz CT molecular complexity index is 768. The van der Waals surface area contributed by atoms with Crippen molar-refractivity contribution in [2.75, 3.05) is 6.54 Å². The smallest absolute Gasteiger partial charge is 0.254 e. The molecule has 3 rings (SSSR count). The minimum atomic E-state index is -0.141. The number of amides is 1. The number of hydrogen-bond donors (Lipinski definition) is 0. The van der Waals surface area contributed by atoms with Crippen molar-refractivity contribution in [2.24, 2.45) is 0 Å². The lowest BCUT2D eigenvalue weighted by Gasteiger charge is -2.16. The molecule has 0 fully saturated rings. The first-order valence-corrected chi connectivity index (χ1v) is 7.02. The molecule has 2 aromatic rings. The van der Waals surface area contributed by atoms with Gasteiger partial charge in [0, 0.05) is 29.8 Å². The molecule has 0 spiro atoms. The van der Waals surface area contributed by atoms with Gasteiger partial charge in [0.2, 0.25) is 0 Å². The van der Waals surface area contributed by atoms with Crippen LogP contribution in [0, 0.1) is 0 Å². The second-order valence-corrected chi connectivity index (χ2v) is 5.33. The summed E-state index contributed by atoms with van der Waals surface area (Å²) in [6, 6.07) is 14.2. The lowest BCUT2D eigenvalue weighted by Crippen LogP contribution is -2.28. The molecular weight excluding hydrogens is 273 g/mol. The molecule has 0 bridgehead atoms. The Hall–Kier alpha value is -2.62. The van der Waals surface area contributed by atoms with Crippen molar-refractivity contribution in [1.29, 1.82) is 0 Å². The highest BCUT2D eigenvalue weighted by atomic mass is 16.2. The van der Waals surface area contributed by atoms with Crippen LogP contribution in [0.2, 0.25) is 0 Å². The van der Waals surface area contributed by atoms with Gasteiger partial charge in [-0.2, -0.15) is 0 Å². The molecule has 0 N–H and O–H groups in total. The number of fused-ring (bicyclic) bond motifs is 1. The molecule has 106 valence electrons. The second kappa shape index (κ2) is 5.64. The number of hydrogen-bond acceptors (Lipinski definition) is 2.